The fraction of sp³-hybridized carbons (Fsp3) is 0.357. The Morgan fingerprint density at radius 3 is 2.83 bits per heavy atom. The quantitative estimate of drug-likeness (QED) is 0.896. The minimum absolute atomic E-state index is 0. The van der Waals surface area contributed by atoms with Crippen molar-refractivity contribution in [3.05, 3.63) is 48.2 Å². The summed E-state index contributed by atoms with van der Waals surface area (Å²) < 4.78 is 42.0. The van der Waals surface area contributed by atoms with E-state index >= 15 is 0 Å². The summed E-state index contributed by atoms with van der Waals surface area (Å²) in [4.78, 5) is 3.95. The Hall–Kier alpha value is -1.48. The van der Waals surface area contributed by atoms with Crippen LogP contribution in [0, 0.1) is 5.82 Å². The van der Waals surface area contributed by atoms with Gasteiger partial charge in [-0.1, -0.05) is 12.1 Å². The van der Waals surface area contributed by atoms with Gasteiger partial charge in [0.15, 0.2) is 5.03 Å². The number of benzene rings is 1. The molecule has 0 bridgehead atoms. The van der Waals surface area contributed by atoms with Crippen LogP contribution in [0.1, 0.15) is 11.6 Å². The van der Waals surface area contributed by atoms with E-state index in [9.17, 15) is 12.8 Å². The van der Waals surface area contributed by atoms with E-state index in [1.807, 2.05) is 0 Å². The van der Waals surface area contributed by atoms with Crippen molar-refractivity contribution < 1.29 is 12.8 Å². The second-order valence-electron chi connectivity index (χ2n) is 5.27. The molecule has 1 fully saturated rings. The molecule has 1 saturated heterocycles. The molecule has 3 rings (SSSR count). The van der Waals surface area contributed by atoms with Gasteiger partial charge in [-0.25, -0.2) is 17.8 Å². The Bertz CT molecular complexity index is 781. The van der Waals surface area contributed by atoms with Crippen molar-refractivity contribution in [2.24, 2.45) is 7.05 Å². The number of nitrogens with one attached hydrogen (secondary N) is 1. The average Bonchev–Trinajstić information content (AvgIpc) is 2.95. The number of aromatic nitrogens is 2. The van der Waals surface area contributed by atoms with Crippen LogP contribution in [0.15, 0.2) is 41.8 Å². The van der Waals surface area contributed by atoms with Crippen LogP contribution >= 0.6 is 12.4 Å². The van der Waals surface area contributed by atoms with Gasteiger partial charge < -0.3 is 9.88 Å². The summed E-state index contributed by atoms with van der Waals surface area (Å²) in [6, 6.07) is 5.60. The van der Waals surface area contributed by atoms with E-state index in [0.717, 1.165) is 0 Å². The van der Waals surface area contributed by atoms with E-state index in [4.69, 9.17) is 0 Å². The molecule has 1 N–H and O–H groups in total. The first kappa shape index (κ1) is 17.9. The molecule has 0 aliphatic carbocycles. The normalized spacial score (nSPS) is 19.3. The van der Waals surface area contributed by atoms with E-state index in [2.05, 4.69) is 10.3 Å². The van der Waals surface area contributed by atoms with Gasteiger partial charge in [-0.3, -0.25) is 0 Å². The molecule has 1 atom stereocenters. The van der Waals surface area contributed by atoms with Crippen molar-refractivity contribution in [1.29, 1.82) is 0 Å². The van der Waals surface area contributed by atoms with Crippen molar-refractivity contribution in [2.45, 2.75) is 11.1 Å². The van der Waals surface area contributed by atoms with Crippen molar-refractivity contribution in [3.63, 3.8) is 0 Å². The van der Waals surface area contributed by atoms with E-state index in [0.29, 0.717) is 25.2 Å². The fourth-order valence-electron chi connectivity index (χ4n) is 2.61. The summed E-state index contributed by atoms with van der Waals surface area (Å²) in [5, 5.41) is 3.17. The maximum absolute atomic E-state index is 13.5. The molecule has 1 unspecified atom stereocenters. The minimum atomic E-state index is -3.71. The molecule has 0 radical (unpaired) electrons. The van der Waals surface area contributed by atoms with Crippen LogP contribution in [0.25, 0.3) is 0 Å². The van der Waals surface area contributed by atoms with Crippen molar-refractivity contribution >= 4 is 22.4 Å². The average molecular weight is 361 g/mol. The Morgan fingerprint density at radius 2 is 2.17 bits per heavy atom. The number of hydrogen-bond acceptors (Lipinski definition) is 4. The second kappa shape index (κ2) is 6.96. The molecule has 2 aromatic rings. The lowest BCUT2D eigenvalue weighted by molar-refractivity contribution is 0.270. The largest absolute Gasteiger partial charge is 0.339 e. The van der Waals surface area contributed by atoms with E-state index in [1.54, 1.807) is 23.7 Å². The molecule has 1 aliphatic heterocycles. The third kappa shape index (κ3) is 3.55. The van der Waals surface area contributed by atoms with Crippen molar-refractivity contribution in [2.75, 3.05) is 19.6 Å². The highest BCUT2D eigenvalue weighted by Gasteiger charge is 2.35. The van der Waals surface area contributed by atoms with Gasteiger partial charge in [-0.15, -0.1) is 12.4 Å². The van der Waals surface area contributed by atoms with Gasteiger partial charge in [0.1, 0.15) is 5.82 Å². The third-order valence-electron chi connectivity index (χ3n) is 3.68. The molecule has 1 aromatic carbocycles. The first-order chi connectivity index (χ1) is 10.5. The Labute approximate surface area is 140 Å². The van der Waals surface area contributed by atoms with Gasteiger partial charge in [0, 0.05) is 32.9 Å². The zero-order valence-electron chi connectivity index (χ0n) is 12.5. The van der Waals surface area contributed by atoms with Crippen LogP contribution in [0.3, 0.4) is 0 Å². The highest BCUT2D eigenvalue weighted by molar-refractivity contribution is 7.89. The zero-order chi connectivity index (χ0) is 15.7. The van der Waals surface area contributed by atoms with Crippen molar-refractivity contribution in [1.82, 2.24) is 19.2 Å². The SMILES string of the molecule is Cl.Cn1cnc(S(=O)(=O)N2CCNCC2c2cccc(F)c2)c1. The van der Waals surface area contributed by atoms with Gasteiger partial charge in [-0.05, 0) is 17.7 Å². The molecule has 0 amide bonds. The van der Waals surface area contributed by atoms with Crippen molar-refractivity contribution in [3.8, 4) is 0 Å². The van der Waals surface area contributed by atoms with E-state index in [-0.39, 0.29) is 23.3 Å². The van der Waals surface area contributed by atoms with Gasteiger partial charge in [-0.2, -0.15) is 4.31 Å². The van der Waals surface area contributed by atoms with Crippen LogP contribution in [0.5, 0.6) is 0 Å². The maximum Gasteiger partial charge on any atom is 0.262 e. The van der Waals surface area contributed by atoms with Gasteiger partial charge in [0.25, 0.3) is 10.0 Å². The zero-order valence-corrected chi connectivity index (χ0v) is 14.1. The molecule has 0 spiro atoms. The number of hydrogen-bond donors (Lipinski definition) is 1. The van der Waals surface area contributed by atoms with Gasteiger partial charge in [0.2, 0.25) is 0 Å². The Morgan fingerprint density at radius 1 is 1.39 bits per heavy atom. The number of piperazine rings is 1. The standard InChI is InChI=1S/C14H17FN4O2S.ClH/c1-18-9-14(17-10-18)22(20,21)19-6-5-16-8-13(19)11-3-2-4-12(15)7-11;/h2-4,7,9-10,13,16H,5-6,8H2,1H3;1H. The monoisotopic (exact) mass is 360 g/mol. The van der Waals surface area contributed by atoms with E-state index in [1.165, 1.54) is 29.0 Å². The molecule has 23 heavy (non-hydrogen) atoms. The maximum atomic E-state index is 13.5. The molecule has 6 nitrogen and oxygen atoms in total. The first-order valence-electron chi connectivity index (χ1n) is 6.94. The number of nitrogens with zero attached hydrogens (tertiary/aromatic N) is 3. The molecule has 126 valence electrons. The predicted molar refractivity (Wildman–Crippen MR) is 86.4 cm³/mol. The third-order valence-corrected chi connectivity index (χ3v) is 5.48. The number of rotatable bonds is 3. The lowest BCUT2D eigenvalue weighted by Crippen LogP contribution is -2.48. The lowest BCUT2D eigenvalue weighted by atomic mass is 10.1. The molecule has 0 saturated carbocycles. The summed E-state index contributed by atoms with van der Waals surface area (Å²) in [6.07, 6.45) is 2.92. The Kier molecular flexibility index (Phi) is 5.41. The number of sulfonamides is 1. The predicted octanol–water partition coefficient (Wildman–Crippen LogP) is 1.32. The summed E-state index contributed by atoms with van der Waals surface area (Å²) in [5.74, 6) is -0.377. The van der Waals surface area contributed by atoms with Crippen LogP contribution in [-0.2, 0) is 17.1 Å². The lowest BCUT2D eigenvalue weighted by Gasteiger charge is -2.34. The highest BCUT2D eigenvalue weighted by Crippen LogP contribution is 2.28. The van der Waals surface area contributed by atoms with Crippen LogP contribution in [0.2, 0.25) is 0 Å². The fourth-order valence-corrected chi connectivity index (χ4v) is 4.20. The smallest absolute Gasteiger partial charge is 0.262 e. The van der Waals surface area contributed by atoms with Gasteiger partial charge in [0.05, 0.1) is 12.4 Å². The second-order valence-corrected chi connectivity index (χ2v) is 7.11. The highest BCUT2D eigenvalue weighted by atomic mass is 35.5. The summed E-state index contributed by atoms with van der Waals surface area (Å²) in [5.41, 5.74) is 0.631. The van der Waals surface area contributed by atoms with Crippen LogP contribution < -0.4 is 5.32 Å². The molecule has 9 heteroatoms. The molecule has 1 aliphatic rings. The van der Waals surface area contributed by atoms with Crippen LogP contribution in [-0.4, -0.2) is 41.9 Å². The minimum Gasteiger partial charge on any atom is -0.339 e. The topological polar surface area (TPSA) is 67.2 Å². The summed E-state index contributed by atoms with van der Waals surface area (Å²) >= 11 is 0. The molecule has 2 heterocycles. The number of imidazole rings is 1. The number of aryl methyl sites for hydroxylation is 1. The molecular weight excluding hydrogens is 343 g/mol. The summed E-state index contributed by atoms with van der Waals surface area (Å²) in [6.45, 7) is 1.31. The van der Waals surface area contributed by atoms with Gasteiger partial charge >= 0.3 is 0 Å². The molecular formula is C14H18ClFN4O2S. The number of halogens is 2. The van der Waals surface area contributed by atoms with Crippen LogP contribution in [0.4, 0.5) is 4.39 Å². The first-order valence-corrected chi connectivity index (χ1v) is 8.38. The van der Waals surface area contributed by atoms with E-state index < -0.39 is 16.1 Å². The molecule has 1 aromatic heterocycles. The Balaban J connectivity index is 0.00000192. The summed E-state index contributed by atoms with van der Waals surface area (Å²) in [7, 11) is -2.00.